The Morgan fingerprint density at radius 3 is 2.50 bits per heavy atom. The van der Waals surface area contributed by atoms with Crippen molar-refractivity contribution in [3.8, 4) is 0 Å². The summed E-state index contributed by atoms with van der Waals surface area (Å²) < 4.78 is 0. The first-order valence-corrected chi connectivity index (χ1v) is 7.86. The Morgan fingerprint density at radius 2 is 1.85 bits per heavy atom. The van der Waals surface area contributed by atoms with Crippen molar-refractivity contribution in [1.82, 2.24) is 0 Å². The van der Waals surface area contributed by atoms with Crippen molar-refractivity contribution in [2.24, 2.45) is 0 Å². The maximum absolute atomic E-state index is 11.9. The highest BCUT2D eigenvalue weighted by Gasteiger charge is 2.05. The zero-order valence-electron chi connectivity index (χ0n) is 13.1. The van der Waals surface area contributed by atoms with Crippen LogP contribution >= 0.6 is 0 Å². The van der Waals surface area contributed by atoms with Crippen molar-refractivity contribution < 1.29 is 4.79 Å². The molecule has 0 aromatic heterocycles. The first-order valence-electron chi connectivity index (χ1n) is 7.86. The second-order valence-electron chi connectivity index (χ2n) is 5.08. The lowest BCUT2D eigenvalue weighted by Gasteiger charge is -2.21. The highest BCUT2D eigenvalue weighted by atomic mass is 16.1. The van der Waals surface area contributed by atoms with Crippen LogP contribution in [0.5, 0.6) is 0 Å². The maximum atomic E-state index is 11.9. The number of nitrogens with zero attached hydrogens (tertiary/aromatic N) is 1. The number of nitrogens with one attached hydrogen (secondary N) is 1. The molecule has 112 valence electrons. The number of anilines is 2. The quantitative estimate of drug-likeness (QED) is 0.676. The molecule has 0 spiro atoms. The molecular weight excluding hydrogens is 248 g/mol. The van der Waals surface area contributed by atoms with E-state index < -0.39 is 0 Å². The number of hydrogen-bond donors (Lipinski definition) is 1. The van der Waals surface area contributed by atoms with E-state index in [2.05, 4.69) is 43.1 Å². The van der Waals surface area contributed by atoms with E-state index in [9.17, 15) is 4.79 Å². The van der Waals surface area contributed by atoms with Crippen molar-refractivity contribution in [2.45, 2.75) is 52.9 Å². The van der Waals surface area contributed by atoms with Crippen LogP contribution in [0.15, 0.2) is 24.3 Å². The van der Waals surface area contributed by atoms with Crippen molar-refractivity contribution in [2.75, 3.05) is 23.3 Å². The molecule has 20 heavy (non-hydrogen) atoms. The summed E-state index contributed by atoms with van der Waals surface area (Å²) in [7, 11) is 0. The van der Waals surface area contributed by atoms with Crippen LogP contribution in [0.2, 0.25) is 0 Å². The molecule has 3 nitrogen and oxygen atoms in total. The summed E-state index contributed by atoms with van der Waals surface area (Å²) in [5.41, 5.74) is 2.06. The predicted molar refractivity (Wildman–Crippen MR) is 87.4 cm³/mol. The summed E-state index contributed by atoms with van der Waals surface area (Å²) in [6.07, 6.45) is 5.16. The van der Waals surface area contributed by atoms with Gasteiger partial charge in [-0.25, -0.2) is 0 Å². The van der Waals surface area contributed by atoms with Crippen LogP contribution in [0.25, 0.3) is 0 Å². The molecule has 0 heterocycles. The van der Waals surface area contributed by atoms with E-state index in [-0.39, 0.29) is 5.91 Å². The highest BCUT2D eigenvalue weighted by Crippen LogP contribution is 2.19. The minimum Gasteiger partial charge on any atom is -0.372 e. The molecule has 0 radical (unpaired) electrons. The van der Waals surface area contributed by atoms with Crippen LogP contribution < -0.4 is 10.2 Å². The fourth-order valence-corrected chi connectivity index (χ4v) is 2.30. The van der Waals surface area contributed by atoms with Crippen molar-refractivity contribution >= 4 is 17.3 Å². The summed E-state index contributed by atoms with van der Waals surface area (Å²) in [6, 6.07) is 8.10. The standard InChI is InChI=1S/C17H28N2O/c1-4-7-8-9-13-17(20)18-15-11-10-12-16(14-15)19(5-2)6-3/h10-12,14H,4-9,13H2,1-3H3,(H,18,20). The molecule has 0 saturated carbocycles. The third-order valence-electron chi connectivity index (χ3n) is 3.52. The Morgan fingerprint density at radius 1 is 1.10 bits per heavy atom. The van der Waals surface area contributed by atoms with Crippen LogP contribution in [0, 0.1) is 0 Å². The molecule has 1 N–H and O–H groups in total. The second-order valence-corrected chi connectivity index (χ2v) is 5.08. The lowest BCUT2D eigenvalue weighted by molar-refractivity contribution is -0.116. The minimum absolute atomic E-state index is 0.123. The molecule has 1 amide bonds. The average molecular weight is 276 g/mol. The fraction of sp³-hybridized carbons (Fsp3) is 0.588. The Labute approximate surface area is 123 Å². The van der Waals surface area contributed by atoms with Gasteiger partial charge in [0.2, 0.25) is 5.91 Å². The molecule has 0 aliphatic heterocycles. The lowest BCUT2D eigenvalue weighted by atomic mass is 10.1. The normalized spacial score (nSPS) is 10.3. The lowest BCUT2D eigenvalue weighted by Crippen LogP contribution is -2.22. The predicted octanol–water partition coefficient (Wildman–Crippen LogP) is 4.44. The Kier molecular flexibility index (Phi) is 7.78. The largest absolute Gasteiger partial charge is 0.372 e. The van der Waals surface area contributed by atoms with Crippen LogP contribution in [0.4, 0.5) is 11.4 Å². The number of carbonyl (C=O) groups is 1. The zero-order valence-corrected chi connectivity index (χ0v) is 13.1. The van der Waals surface area contributed by atoms with E-state index in [1.165, 1.54) is 18.5 Å². The molecule has 0 fully saturated rings. The summed E-state index contributed by atoms with van der Waals surface area (Å²) in [5.74, 6) is 0.123. The minimum atomic E-state index is 0.123. The van der Waals surface area contributed by atoms with E-state index in [0.29, 0.717) is 6.42 Å². The van der Waals surface area contributed by atoms with Crippen molar-refractivity contribution in [1.29, 1.82) is 0 Å². The number of rotatable bonds is 9. The zero-order chi connectivity index (χ0) is 14.8. The van der Waals surface area contributed by atoms with Gasteiger partial charge in [0, 0.05) is 30.9 Å². The van der Waals surface area contributed by atoms with Crippen LogP contribution in [0.3, 0.4) is 0 Å². The van der Waals surface area contributed by atoms with Gasteiger partial charge in [0.15, 0.2) is 0 Å². The number of unbranched alkanes of at least 4 members (excludes halogenated alkanes) is 3. The van der Waals surface area contributed by atoms with Gasteiger partial charge in [0.1, 0.15) is 0 Å². The van der Waals surface area contributed by atoms with Gasteiger partial charge in [-0.1, -0.05) is 32.3 Å². The number of carbonyl (C=O) groups excluding carboxylic acids is 1. The molecule has 0 aliphatic carbocycles. The van der Waals surface area contributed by atoms with E-state index in [0.717, 1.165) is 31.6 Å². The first-order chi connectivity index (χ1) is 9.71. The fourth-order valence-electron chi connectivity index (χ4n) is 2.30. The monoisotopic (exact) mass is 276 g/mol. The van der Waals surface area contributed by atoms with E-state index in [1.54, 1.807) is 0 Å². The molecule has 0 atom stereocenters. The van der Waals surface area contributed by atoms with Gasteiger partial charge < -0.3 is 10.2 Å². The maximum Gasteiger partial charge on any atom is 0.224 e. The summed E-state index contributed by atoms with van der Waals surface area (Å²) in [6.45, 7) is 8.42. The van der Waals surface area contributed by atoms with Gasteiger partial charge in [-0.3, -0.25) is 4.79 Å². The molecular formula is C17H28N2O. The smallest absolute Gasteiger partial charge is 0.224 e. The molecule has 1 aromatic rings. The summed E-state index contributed by atoms with van der Waals surface area (Å²) in [4.78, 5) is 14.1. The topological polar surface area (TPSA) is 32.3 Å². The van der Waals surface area contributed by atoms with Crippen molar-refractivity contribution in [3.05, 3.63) is 24.3 Å². The van der Waals surface area contributed by atoms with Gasteiger partial charge in [-0.2, -0.15) is 0 Å². The second kappa shape index (κ2) is 9.40. The van der Waals surface area contributed by atoms with Gasteiger partial charge in [0.25, 0.3) is 0 Å². The number of benzene rings is 1. The van der Waals surface area contributed by atoms with Gasteiger partial charge in [0.05, 0.1) is 0 Å². The molecule has 3 heteroatoms. The van der Waals surface area contributed by atoms with E-state index in [4.69, 9.17) is 0 Å². The van der Waals surface area contributed by atoms with E-state index in [1.807, 2.05) is 12.1 Å². The SMILES string of the molecule is CCCCCCC(=O)Nc1cccc(N(CC)CC)c1. The van der Waals surface area contributed by atoms with E-state index >= 15 is 0 Å². The summed E-state index contributed by atoms with van der Waals surface area (Å²) in [5, 5.41) is 3.00. The molecule has 1 aromatic carbocycles. The molecule has 0 unspecified atom stereocenters. The van der Waals surface area contributed by atoms with Crippen LogP contribution in [0.1, 0.15) is 52.9 Å². The van der Waals surface area contributed by atoms with Crippen LogP contribution in [-0.2, 0) is 4.79 Å². The van der Waals surface area contributed by atoms with Gasteiger partial charge in [-0.05, 0) is 38.5 Å². The van der Waals surface area contributed by atoms with Crippen LogP contribution in [-0.4, -0.2) is 19.0 Å². The third-order valence-corrected chi connectivity index (χ3v) is 3.52. The Bertz CT molecular complexity index is 400. The van der Waals surface area contributed by atoms with Crippen molar-refractivity contribution in [3.63, 3.8) is 0 Å². The number of hydrogen-bond acceptors (Lipinski definition) is 2. The van der Waals surface area contributed by atoms with Gasteiger partial charge >= 0.3 is 0 Å². The molecule has 0 bridgehead atoms. The Hall–Kier alpha value is -1.51. The number of amides is 1. The Balaban J connectivity index is 2.51. The molecule has 1 rings (SSSR count). The third kappa shape index (κ3) is 5.64. The van der Waals surface area contributed by atoms with Gasteiger partial charge in [-0.15, -0.1) is 0 Å². The highest BCUT2D eigenvalue weighted by molar-refractivity contribution is 5.91. The molecule has 0 saturated heterocycles. The average Bonchev–Trinajstić information content (AvgIpc) is 2.45. The summed E-state index contributed by atoms with van der Waals surface area (Å²) >= 11 is 0. The first kappa shape index (κ1) is 16.5. The molecule has 0 aliphatic rings.